The summed E-state index contributed by atoms with van der Waals surface area (Å²) in [6.07, 6.45) is 6.51. The zero-order valence-electron chi connectivity index (χ0n) is 15.8. The average molecular weight is 374 g/mol. The number of hydrogen-bond donors (Lipinski definition) is 0. The first-order valence-electron chi connectivity index (χ1n) is 9.30. The number of aromatic nitrogens is 3. The fraction of sp³-hybridized carbons (Fsp3) is 0.227. The van der Waals surface area contributed by atoms with Gasteiger partial charge in [-0.15, -0.1) is 0 Å². The van der Waals surface area contributed by atoms with Gasteiger partial charge in [-0.1, -0.05) is 24.3 Å². The van der Waals surface area contributed by atoms with Crippen molar-refractivity contribution in [2.24, 2.45) is 7.05 Å². The van der Waals surface area contributed by atoms with E-state index in [0.29, 0.717) is 24.8 Å². The van der Waals surface area contributed by atoms with Crippen LogP contribution in [0.25, 0.3) is 11.3 Å². The van der Waals surface area contributed by atoms with Crippen molar-refractivity contribution in [2.75, 3.05) is 24.6 Å². The Labute approximate surface area is 163 Å². The normalized spacial score (nSPS) is 13.9. The smallest absolute Gasteiger partial charge is 0.255 e. The third kappa shape index (κ3) is 3.96. The van der Waals surface area contributed by atoms with Crippen molar-refractivity contribution in [3.63, 3.8) is 0 Å². The molecule has 0 unspecified atom stereocenters. The van der Waals surface area contributed by atoms with E-state index in [9.17, 15) is 4.79 Å². The Balaban J connectivity index is 1.55. The molecule has 0 N–H and O–H groups in total. The highest BCUT2D eigenvalue weighted by Crippen LogP contribution is 2.21. The predicted octanol–water partition coefficient (Wildman–Crippen LogP) is 3.06. The summed E-state index contributed by atoms with van der Waals surface area (Å²) in [5.74, 6) is 1.52. The topological polar surface area (TPSA) is 60.2 Å². The monoisotopic (exact) mass is 374 g/mol. The van der Waals surface area contributed by atoms with Crippen molar-refractivity contribution in [1.29, 1.82) is 0 Å². The van der Waals surface area contributed by atoms with Gasteiger partial charge in [-0.3, -0.25) is 14.3 Å². The van der Waals surface area contributed by atoms with E-state index in [1.54, 1.807) is 30.1 Å². The molecule has 0 atom stereocenters. The molecule has 0 spiro atoms. The van der Waals surface area contributed by atoms with Gasteiger partial charge in [-0.25, -0.2) is 4.98 Å². The van der Waals surface area contributed by atoms with Gasteiger partial charge in [0.25, 0.3) is 5.56 Å². The van der Waals surface area contributed by atoms with Crippen LogP contribution in [-0.4, -0.2) is 34.2 Å². The van der Waals surface area contributed by atoms with Gasteiger partial charge in [-0.05, 0) is 36.3 Å². The Kier molecular flexibility index (Phi) is 5.19. The van der Waals surface area contributed by atoms with Crippen LogP contribution in [0.1, 0.15) is 6.42 Å². The van der Waals surface area contributed by atoms with Crippen molar-refractivity contribution < 1.29 is 4.74 Å². The van der Waals surface area contributed by atoms with Gasteiger partial charge in [0.1, 0.15) is 12.4 Å². The van der Waals surface area contributed by atoms with Crippen molar-refractivity contribution in [3.05, 3.63) is 82.9 Å². The van der Waals surface area contributed by atoms with E-state index >= 15 is 0 Å². The van der Waals surface area contributed by atoms with Gasteiger partial charge in [0.05, 0.1) is 5.69 Å². The van der Waals surface area contributed by atoms with E-state index in [2.05, 4.69) is 16.0 Å². The lowest BCUT2D eigenvalue weighted by Crippen LogP contribution is -2.36. The maximum Gasteiger partial charge on any atom is 0.255 e. The summed E-state index contributed by atoms with van der Waals surface area (Å²) in [6.45, 7) is 2.03. The lowest BCUT2D eigenvalue weighted by atomic mass is 10.1. The van der Waals surface area contributed by atoms with Crippen molar-refractivity contribution in [2.45, 2.75) is 6.42 Å². The molecule has 6 nitrogen and oxygen atoms in total. The molecule has 0 radical (unpaired) electrons. The molecule has 6 heteroatoms. The number of benzene rings is 1. The Morgan fingerprint density at radius 2 is 1.89 bits per heavy atom. The molecule has 1 aromatic carbocycles. The van der Waals surface area contributed by atoms with Crippen LogP contribution in [0.5, 0.6) is 5.75 Å². The van der Waals surface area contributed by atoms with Gasteiger partial charge in [0.15, 0.2) is 0 Å². The van der Waals surface area contributed by atoms with E-state index < -0.39 is 0 Å². The van der Waals surface area contributed by atoms with E-state index in [0.717, 1.165) is 24.3 Å². The minimum absolute atomic E-state index is 0.0755. The molecule has 1 aliphatic rings. The second-order valence-electron chi connectivity index (χ2n) is 6.75. The van der Waals surface area contributed by atoms with Crippen LogP contribution in [0.3, 0.4) is 0 Å². The number of para-hydroxylation sites is 1. The minimum Gasteiger partial charge on any atom is -0.489 e. The van der Waals surface area contributed by atoms with Crippen LogP contribution in [0, 0.1) is 0 Å². The molecule has 28 heavy (non-hydrogen) atoms. The van der Waals surface area contributed by atoms with Gasteiger partial charge in [0.2, 0.25) is 5.95 Å². The molecular weight excluding hydrogens is 352 g/mol. The quantitative estimate of drug-likeness (QED) is 0.643. The fourth-order valence-electron chi connectivity index (χ4n) is 3.26. The van der Waals surface area contributed by atoms with E-state index in [4.69, 9.17) is 9.72 Å². The van der Waals surface area contributed by atoms with Crippen LogP contribution in [0.15, 0.2) is 77.4 Å². The molecule has 0 bridgehead atoms. The number of ether oxygens (including phenoxy) is 1. The first kappa shape index (κ1) is 18.0. The third-order valence-electron chi connectivity index (χ3n) is 4.76. The zero-order valence-corrected chi connectivity index (χ0v) is 15.8. The Bertz CT molecular complexity index is 1030. The molecule has 0 saturated heterocycles. The molecule has 142 valence electrons. The maximum absolute atomic E-state index is 12.5. The number of nitrogens with zero attached hydrogens (tertiary/aromatic N) is 4. The molecule has 3 aromatic rings. The lowest BCUT2D eigenvalue weighted by Gasteiger charge is -2.29. The highest BCUT2D eigenvalue weighted by molar-refractivity contribution is 5.59. The molecule has 3 heterocycles. The summed E-state index contributed by atoms with van der Waals surface area (Å²) in [4.78, 5) is 23.5. The summed E-state index contributed by atoms with van der Waals surface area (Å²) in [5.41, 5.74) is 2.65. The number of hydrogen-bond acceptors (Lipinski definition) is 5. The second-order valence-corrected chi connectivity index (χ2v) is 6.75. The minimum atomic E-state index is -0.0755. The predicted molar refractivity (Wildman–Crippen MR) is 110 cm³/mol. The number of rotatable bonds is 5. The van der Waals surface area contributed by atoms with E-state index in [-0.39, 0.29) is 5.56 Å². The van der Waals surface area contributed by atoms with Crippen LogP contribution in [-0.2, 0) is 7.05 Å². The summed E-state index contributed by atoms with van der Waals surface area (Å²) in [7, 11) is 1.76. The summed E-state index contributed by atoms with van der Waals surface area (Å²) in [5, 5.41) is 0. The maximum atomic E-state index is 12.5. The van der Waals surface area contributed by atoms with Crippen LogP contribution in [0.4, 0.5) is 5.95 Å². The molecule has 0 fully saturated rings. The van der Waals surface area contributed by atoms with Gasteiger partial charge in [-0.2, -0.15) is 0 Å². The van der Waals surface area contributed by atoms with Crippen molar-refractivity contribution in [1.82, 2.24) is 14.5 Å². The van der Waals surface area contributed by atoms with Gasteiger partial charge >= 0.3 is 0 Å². The zero-order chi connectivity index (χ0) is 19.3. The van der Waals surface area contributed by atoms with Crippen LogP contribution in [0.2, 0.25) is 0 Å². The molecule has 1 aliphatic heterocycles. The highest BCUT2D eigenvalue weighted by atomic mass is 16.5. The first-order valence-corrected chi connectivity index (χ1v) is 9.30. The number of pyridine rings is 1. The first-order chi connectivity index (χ1) is 13.7. The fourth-order valence-corrected chi connectivity index (χ4v) is 3.26. The summed E-state index contributed by atoms with van der Waals surface area (Å²) >= 11 is 0. The largest absolute Gasteiger partial charge is 0.489 e. The molecule has 0 saturated carbocycles. The Hall–Kier alpha value is -3.41. The SMILES string of the molecule is Cn1c(N2CCC=C(COc3ccccc3)C2)nc(-c2ccncc2)cc1=O. The lowest BCUT2D eigenvalue weighted by molar-refractivity contribution is 0.347. The van der Waals surface area contributed by atoms with E-state index in [1.807, 2.05) is 42.5 Å². The molecule has 0 amide bonds. The average Bonchev–Trinajstić information content (AvgIpc) is 2.75. The van der Waals surface area contributed by atoms with Crippen molar-refractivity contribution in [3.8, 4) is 17.0 Å². The molecule has 2 aromatic heterocycles. The summed E-state index contributed by atoms with van der Waals surface area (Å²) < 4.78 is 7.49. The van der Waals surface area contributed by atoms with Crippen LogP contribution < -0.4 is 15.2 Å². The highest BCUT2D eigenvalue weighted by Gasteiger charge is 2.19. The molecule has 0 aliphatic carbocycles. The molecular formula is C22H22N4O2. The Morgan fingerprint density at radius 3 is 2.68 bits per heavy atom. The Morgan fingerprint density at radius 1 is 1.11 bits per heavy atom. The second kappa shape index (κ2) is 8.08. The van der Waals surface area contributed by atoms with Crippen LogP contribution >= 0.6 is 0 Å². The standard InChI is InChI=1S/C22H22N4O2/c1-25-21(27)14-20(18-9-11-23-12-10-18)24-22(25)26-13-5-6-17(15-26)16-28-19-7-3-2-4-8-19/h2-4,6-12,14H,5,13,15-16H2,1H3. The summed E-state index contributed by atoms with van der Waals surface area (Å²) in [6, 6.07) is 15.1. The molecule has 4 rings (SSSR count). The number of anilines is 1. The van der Waals surface area contributed by atoms with Gasteiger partial charge < -0.3 is 9.64 Å². The third-order valence-corrected chi connectivity index (χ3v) is 4.76. The van der Waals surface area contributed by atoms with E-state index in [1.165, 1.54) is 5.57 Å². The van der Waals surface area contributed by atoms with Gasteiger partial charge in [0, 0.05) is 44.2 Å². The van der Waals surface area contributed by atoms with Crippen molar-refractivity contribution >= 4 is 5.95 Å².